The second kappa shape index (κ2) is 5.65. The van der Waals surface area contributed by atoms with Crippen LogP contribution in [0.15, 0.2) is 15.9 Å². The molecule has 0 aliphatic heterocycles. The van der Waals surface area contributed by atoms with Crippen LogP contribution in [0.4, 0.5) is 0 Å². The molecule has 0 radical (unpaired) electrons. The van der Waals surface area contributed by atoms with E-state index < -0.39 is 0 Å². The Morgan fingerprint density at radius 2 is 2.12 bits per heavy atom. The van der Waals surface area contributed by atoms with Gasteiger partial charge in [0.2, 0.25) is 0 Å². The maximum Gasteiger partial charge on any atom is 0.0701 e. The number of thiophene rings is 1. The molecule has 1 aliphatic carbocycles. The fourth-order valence-electron chi connectivity index (χ4n) is 2.75. The summed E-state index contributed by atoms with van der Waals surface area (Å²) in [4.78, 5) is 4.01. The lowest BCUT2D eigenvalue weighted by atomic mass is 9.85. The summed E-state index contributed by atoms with van der Waals surface area (Å²) in [6, 6.07) is 5.17. The zero-order valence-corrected chi connectivity index (χ0v) is 12.5. The first-order valence-corrected chi connectivity index (χ1v) is 7.72. The standard InChI is InChI=1S/C13H20BrNS/c1-10-5-3-4-6-12(10)15(2)9-11-7-8-13(14)16-11/h7-8,10,12H,3-6,9H2,1-2H3. The molecule has 1 fully saturated rings. The van der Waals surface area contributed by atoms with Gasteiger partial charge < -0.3 is 0 Å². The summed E-state index contributed by atoms with van der Waals surface area (Å²) >= 11 is 5.39. The lowest BCUT2D eigenvalue weighted by Gasteiger charge is -2.36. The van der Waals surface area contributed by atoms with Crippen molar-refractivity contribution in [3.8, 4) is 0 Å². The van der Waals surface area contributed by atoms with Gasteiger partial charge in [0.1, 0.15) is 0 Å². The lowest BCUT2D eigenvalue weighted by molar-refractivity contribution is 0.134. The molecule has 1 saturated carbocycles. The summed E-state index contributed by atoms with van der Waals surface area (Å²) in [7, 11) is 2.28. The van der Waals surface area contributed by atoms with Gasteiger partial charge in [-0.2, -0.15) is 0 Å². The fourth-order valence-corrected chi connectivity index (χ4v) is 4.30. The number of hydrogen-bond acceptors (Lipinski definition) is 2. The zero-order chi connectivity index (χ0) is 11.5. The second-order valence-corrected chi connectivity index (χ2v) is 7.50. The van der Waals surface area contributed by atoms with E-state index in [0.29, 0.717) is 0 Å². The predicted octanol–water partition coefficient (Wildman–Crippen LogP) is 4.52. The van der Waals surface area contributed by atoms with Gasteiger partial charge in [0.05, 0.1) is 3.79 Å². The van der Waals surface area contributed by atoms with Gasteiger partial charge in [0.15, 0.2) is 0 Å². The molecular weight excluding hydrogens is 282 g/mol. The largest absolute Gasteiger partial charge is 0.298 e. The van der Waals surface area contributed by atoms with E-state index in [4.69, 9.17) is 0 Å². The minimum atomic E-state index is 0.787. The summed E-state index contributed by atoms with van der Waals surface area (Å²) < 4.78 is 1.24. The minimum absolute atomic E-state index is 0.787. The van der Waals surface area contributed by atoms with E-state index in [1.807, 2.05) is 11.3 Å². The van der Waals surface area contributed by atoms with E-state index in [2.05, 4.69) is 46.9 Å². The molecule has 2 atom stereocenters. The maximum atomic E-state index is 3.53. The van der Waals surface area contributed by atoms with Crippen molar-refractivity contribution in [2.45, 2.75) is 45.2 Å². The molecule has 1 aliphatic rings. The van der Waals surface area contributed by atoms with Gasteiger partial charge in [-0.05, 0) is 53.9 Å². The Bertz CT molecular complexity index is 336. The molecule has 1 nitrogen and oxygen atoms in total. The van der Waals surface area contributed by atoms with Crippen LogP contribution in [0.3, 0.4) is 0 Å². The highest BCUT2D eigenvalue weighted by Crippen LogP contribution is 2.30. The SMILES string of the molecule is CC1CCCCC1N(C)Cc1ccc(Br)s1. The molecule has 3 heteroatoms. The molecule has 2 rings (SSSR count). The van der Waals surface area contributed by atoms with Gasteiger partial charge in [-0.1, -0.05) is 19.8 Å². The van der Waals surface area contributed by atoms with Crippen LogP contribution in [0.25, 0.3) is 0 Å². The van der Waals surface area contributed by atoms with Gasteiger partial charge >= 0.3 is 0 Å². The van der Waals surface area contributed by atoms with Crippen molar-refractivity contribution in [3.05, 3.63) is 20.8 Å². The van der Waals surface area contributed by atoms with Crippen LogP contribution < -0.4 is 0 Å². The van der Waals surface area contributed by atoms with Crippen molar-refractivity contribution in [2.75, 3.05) is 7.05 Å². The third-order valence-corrected chi connectivity index (χ3v) is 5.27. The smallest absolute Gasteiger partial charge is 0.0701 e. The Kier molecular flexibility index (Phi) is 4.45. The first kappa shape index (κ1) is 12.6. The van der Waals surface area contributed by atoms with Gasteiger partial charge in [-0.3, -0.25) is 4.90 Å². The van der Waals surface area contributed by atoms with Crippen molar-refractivity contribution in [2.24, 2.45) is 5.92 Å². The zero-order valence-electron chi connectivity index (χ0n) is 10.1. The van der Waals surface area contributed by atoms with Crippen molar-refractivity contribution in [1.29, 1.82) is 0 Å². The quantitative estimate of drug-likeness (QED) is 0.793. The molecule has 16 heavy (non-hydrogen) atoms. The van der Waals surface area contributed by atoms with Gasteiger partial charge in [-0.15, -0.1) is 11.3 Å². The van der Waals surface area contributed by atoms with Crippen LogP contribution in [0.1, 0.15) is 37.5 Å². The molecule has 0 bridgehead atoms. The van der Waals surface area contributed by atoms with Crippen LogP contribution in [0, 0.1) is 5.92 Å². The Morgan fingerprint density at radius 1 is 1.38 bits per heavy atom. The molecule has 1 aromatic rings. The first-order chi connectivity index (χ1) is 7.66. The summed E-state index contributed by atoms with van der Waals surface area (Å²) in [6.07, 6.45) is 5.62. The van der Waals surface area contributed by atoms with Crippen molar-refractivity contribution < 1.29 is 0 Å². The monoisotopic (exact) mass is 301 g/mol. The molecule has 1 aromatic heterocycles. The maximum absolute atomic E-state index is 3.53. The Morgan fingerprint density at radius 3 is 2.75 bits per heavy atom. The van der Waals surface area contributed by atoms with Crippen LogP contribution in [-0.4, -0.2) is 18.0 Å². The van der Waals surface area contributed by atoms with Crippen molar-refractivity contribution in [1.82, 2.24) is 4.90 Å². The van der Waals surface area contributed by atoms with E-state index >= 15 is 0 Å². The number of rotatable bonds is 3. The molecule has 1 heterocycles. The number of halogens is 1. The Hall–Kier alpha value is 0.140. The average Bonchev–Trinajstić information content (AvgIpc) is 2.64. The molecule has 0 aromatic carbocycles. The van der Waals surface area contributed by atoms with Crippen LogP contribution in [-0.2, 0) is 6.54 Å². The highest BCUT2D eigenvalue weighted by molar-refractivity contribution is 9.11. The van der Waals surface area contributed by atoms with Crippen LogP contribution in [0.5, 0.6) is 0 Å². The highest BCUT2D eigenvalue weighted by atomic mass is 79.9. The summed E-state index contributed by atoms with van der Waals surface area (Å²) in [6.45, 7) is 3.51. The average molecular weight is 302 g/mol. The number of nitrogens with zero attached hydrogens (tertiary/aromatic N) is 1. The van der Waals surface area contributed by atoms with E-state index in [0.717, 1.165) is 18.5 Å². The summed E-state index contributed by atoms with van der Waals surface area (Å²) in [5.74, 6) is 0.863. The van der Waals surface area contributed by atoms with Gasteiger partial charge in [0, 0.05) is 17.5 Å². The Balaban J connectivity index is 1.93. The molecule has 0 spiro atoms. The van der Waals surface area contributed by atoms with E-state index in [9.17, 15) is 0 Å². The minimum Gasteiger partial charge on any atom is -0.298 e. The molecule has 2 unspecified atom stereocenters. The van der Waals surface area contributed by atoms with Gasteiger partial charge in [0.25, 0.3) is 0 Å². The molecule has 90 valence electrons. The molecule has 0 N–H and O–H groups in total. The summed E-state index contributed by atoms with van der Waals surface area (Å²) in [5.41, 5.74) is 0. The second-order valence-electron chi connectivity index (χ2n) is 4.95. The lowest BCUT2D eigenvalue weighted by Crippen LogP contribution is -2.38. The third kappa shape index (κ3) is 3.08. The molecule has 0 amide bonds. The predicted molar refractivity (Wildman–Crippen MR) is 74.9 cm³/mol. The third-order valence-electron chi connectivity index (χ3n) is 3.67. The van der Waals surface area contributed by atoms with E-state index in [1.54, 1.807) is 0 Å². The summed E-state index contributed by atoms with van der Waals surface area (Å²) in [5, 5.41) is 0. The van der Waals surface area contributed by atoms with Gasteiger partial charge in [-0.25, -0.2) is 0 Å². The van der Waals surface area contributed by atoms with Crippen LogP contribution in [0.2, 0.25) is 0 Å². The Labute approximate surface area is 111 Å². The van der Waals surface area contributed by atoms with Crippen molar-refractivity contribution >= 4 is 27.3 Å². The molecule has 0 saturated heterocycles. The van der Waals surface area contributed by atoms with E-state index in [-0.39, 0.29) is 0 Å². The molecular formula is C13H20BrNS. The normalized spacial score (nSPS) is 26.2. The number of hydrogen-bond donors (Lipinski definition) is 0. The highest BCUT2D eigenvalue weighted by Gasteiger charge is 2.24. The van der Waals surface area contributed by atoms with Crippen LogP contribution >= 0.6 is 27.3 Å². The van der Waals surface area contributed by atoms with Crippen molar-refractivity contribution in [3.63, 3.8) is 0 Å². The fraction of sp³-hybridized carbons (Fsp3) is 0.692. The first-order valence-electron chi connectivity index (χ1n) is 6.11. The van der Waals surface area contributed by atoms with E-state index in [1.165, 1.54) is 34.3 Å². The topological polar surface area (TPSA) is 3.24 Å².